The van der Waals surface area contributed by atoms with E-state index >= 15 is 0 Å². The van der Waals surface area contributed by atoms with Gasteiger partial charge in [-0.2, -0.15) is 0 Å². The van der Waals surface area contributed by atoms with Gasteiger partial charge in [-0.1, -0.05) is 53.2 Å². The Hall–Kier alpha value is -0.420. The Morgan fingerprint density at radius 1 is 0.865 bits per heavy atom. The zero-order valence-electron chi connectivity index (χ0n) is 25.3. The normalized spacial score (nSPS) is 54.0. The van der Waals surface area contributed by atoms with Crippen LogP contribution >= 0.6 is 0 Å². The second kappa shape index (κ2) is 7.86. The summed E-state index contributed by atoms with van der Waals surface area (Å²) in [5.74, 6) is 1.72. The lowest BCUT2D eigenvalue weighted by Gasteiger charge is -2.64. The Morgan fingerprint density at radius 2 is 1.57 bits per heavy atom. The molecule has 6 aliphatic rings. The van der Waals surface area contributed by atoms with Crippen molar-refractivity contribution in [3.05, 3.63) is 11.6 Å². The van der Waals surface area contributed by atoms with Crippen LogP contribution < -0.4 is 0 Å². The molecule has 1 N–H and O–H groups in total. The van der Waals surface area contributed by atoms with Crippen molar-refractivity contribution in [2.24, 2.45) is 45.3 Å². The van der Waals surface area contributed by atoms with E-state index in [-0.39, 0.29) is 46.3 Å². The van der Waals surface area contributed by atoms with Crippen LogP contribution in [0.4, 0.5) is 0 Å². The second-order valence-electron chi connectivity index (χ2n) is 16.4. The van der Waals surface area contributed by atoms with Crippen molar-refractivity contribution >= 4 is 0 Å². The molecule has 4 aliphatic carbocycles. The molecule has 0 amide bonds. The predicted molar refractivity (Wildman–Crippen MR) is 147 cm³/mol. The zero-order chi connectivity index (χ0) is 27.0. The van der Waals surface area contributed by atoms with Crippen LogP contribution in [-0.2, 0) is 14.2 Å². The Kier molecular flexibility index (Phi) is 5.69. The van der Waals surface area contributed by atoms with Crippen molar-refractivity contribution in [3.8, 4) is 0 Å². The molecule has 0 aromatic carbocycles. The summed E-state index contributed by atoms with van der Waals surface area (Å²) in [5.41, 5.74) is 2.24. The Morgan fingerprint density at radius 3 is 2.27 bits per heavy atom. The largest absolute Gasteiger partial charge is 0.393 e. The first-order valence-electron chi connectivity index (χ1n) is 15.4. The average Bonchev–Trinajstić information content (AvgIpc) is 3.36. The van der Waals surface area contributed by atoms with Crippen LogP contribution in [0.1, 0.15) is 114 Å². The van der Waals surface area contributed by atoms with Crippen LogP contribution in [0.15, 0.2) is 11.6 Å². The summed E-state index contributed by atoms with van der Waals surface area (Å²) < 4.78 is 19.6. The first kappa shape index (κ1) is 26.8. The minimum Gasteiger partial charge on any atom is -0.393 e. The molecule has 5 fully saturated rings. The van der Waals surface area contributed by atoms with Crippen molar-refractivity contribution in [3.63, 3.8) is 0 Å². The maximum Gasteiger partial charge on any atom is 0.164 e. The highest BCUT2D eigenvalue weighted by molar-refractivity contribution is 5.33. The first-order chi connectivity index (χ1) is 17.0. The van der Waals surface area contributed by atoms with Gasteiger partial charge in [-0.3, -0.25) is 0 Å². The van der Waals surface area contributed by atoms with E-state index in [0.29, 0.717) is 29.1 Å². The van der Waals surface area contributed by atoms with E-state index in [4.69, 9.17) is 14.2 Å². The predicted octanol–water partition coefficient (Wildman–Crippen LogP) is 7.29. The molecule has 4 nitrogen and oxygen atoms in total. The highest BCUT2D eigenvalue weighted by Gasteiger charge is 2.67. The van der Waals surface area contributed by atoms with Gasteiger partial charge in [0.1, 0.15) is 12.2 Å². The number of fused-ring (bicyclic) bond motifs is 6. The van der Waals surface area contributed by atoms with Crippen molar-refractivity contribution in [2.45, 2.75) is 150 Å². The van der Waals surface area contributed by atoms with E-state index in [1.807, 2.05) is 13.8 Å². The molecule has 0 aromatic heterocycles. The van der Waals surface area contributed by atoms with E-state index in [0.717, 1.165) is 19.3 Å². The fraction of sp³-hybridized carbons (Fsp3) is 0.939. The standard InChI is InChI=1S/C33H54O4/c1-19(25-26-27(29(4,5)35-25)37-30(6,7)36-26)20-13-17-33(10)22-11-12-23-28(2,3)24(34)15-16-31(23,8)21(22)14-18-32(20,33)9/h11,19-21,23-27,34H,12-18H2,1-10H3/t19-,20+,21+,23+,24-,25?,26?,27?,31-,32+,33-/m1/s1. The minimum atomic E-state index is -0.541. The molecule has 4 heteroatoms. The number of hydrogen-bond donors (Lipinski definition) is 1. The molecule has 3 saturated carbocycles. The lowest BCUT2D eigenvalue weighted by atomic mass is 9.41. The quantitative estimate of drug-likeness (QED) is 0.393. The van der Waals surface area contributed by atoms with Crippen molar-refractivity contribution in [2.75, 3.05) is 0 Å². The van der Waals surface area contributed by atoms with E-state index in [1.165, 1.54) is 25.7 Å². The summed E-state index contributed by atoms with van der Waals surface area (Å²) >= 11 is 0. The number of rotatable bonds is 2. The van der Waals surface area contributed by atoms with Gasteiger partial charge in [0, 0.05) is 0 Å². The fourth-order valence-electron chi connectivity index (χ4n) is 11.3. The van der Waals surface area contributed by atoms with Crippen LogP contribution in [-0.4, -0.2) is 40.9 Å². The summed E-state index contributed by atoms with van der Waals surface area (Å²) in [5, 5.41) is 10.9. The van der Waals surface area contributed by atoms with Gasteiger partial charge in [0.2, 0.25) is 0 Å². The molecule has 210 valence electrons. The van der Waals surface area contributed by atoms with Gasteiger partial charge >= 0.3 is 0 Å². The molecular weight excluding hydrogens is 460 g/mol. The summed E-state index contributed by atoms with van der Waals surface area (Å²) in [6.45, 7) is 23.4. The molecule has 0 aromatic rings. The van der Waals surface area contributed by atoms with E-state index in [1.54, 1.807) is 5.57 Å². The third-order valence-corrected chi connectivity index (χ3v) is 13.6. The molecule has 2 saturated heterocycles. The molecule has 6 rings (SSSR count). The summed E-state index contributed by atoms with van der Waals surface area (Å²) in [4.78, 5) is 0. The molecule has 3 unspecified atom stereocenters. The summed E-state index contributed by atoms with van der Waals surface area (Å²) in [6.07, 6.45) is 10.9. The Balaban J connectivity index is 1.31. The van der Waals surface area contributed by atoms with Crippen molar-refractivity contribution in [1.82, 2.24) is 0 Å². The van der Waals surface area contributed by atoms with Gasteiger partial charge in [-0.05, 0) is 118 Å². The monoisotopic (exact) mass is 514 g/mol. The fourth-order valence-corrected chi connectivity index (χ4v) is 11.3. The molecule has 11 atom stereocenters. The number of aliphatic hydroxyl groups is 1. The summed E-state index contributed by atoms with van der Waals surface area (Å²) in [6, 6.07) is 0. The van der Waals surface area contributed by atoms with Crippen molar-refractivity contribution in [1.29, 1.82) is 0 Å². The van der Waals surface area contributed by atoms with Crippen LogP contribution in [0.3, 0.4) is 0 Å². The van der Waals surface area contributed by atoms with Crippen LogP contribution in [0.5, 0.6) is 0 Å². The minimum absolute atomic E-state index is 0.00535. The lowest BCUT2D eigenvalue weighted by Crippen LogP contribution is -2.58. The highest BCUT2D eigenvalue weighted by atomic mass is 16.8. The molecular formula is C33H54O4. The third kappa shape index (κ3) is 3.40. The van der Waals surface area contributed by atoms with Gasteiger partial charge in [0.05, 0.1) is 17.8 Å². The third-order valence-electron chi connectivity index (χ3n) is 13.6. The topological polar surface area (TPSA) is 47.9 Å². The van der Waals surface area contributed by atoms with E-state index < -0.39 is 5.79 Å². The number of hydrogen-bond acceptors (Lipinski definition) is 4. The maximum absolute atomic E-state index is 10.9. The molecule has 2 heterocycles. The maximum atomic E-state index is 10.9. The van der Waals surface area contributed by atoms with E-state index in [9.17, 15) is 5.11 Å². The number of allylic oxidation sites excluding steroid dienone is 2. The number of ether oxygens (including phenoxy) is 3. The van der Waals surface area contributed by atoms with Crippen LogP contribution in [0.25, 0.3) is 0 Å². The highest BCUT2D eigenvalue weighted by Crippen LogP contribution is 2.73. The van der Waals surface area contributed by atoms with Gasteiger partial charge in [-0.15, -0.1) is 0 Å². The van der Waals surface area contributed by atoms with E-state index in [2.05, 4.69) is 61.5 Å². The second-order valence-corrected chi connectivity index (χ2v) is 16.4. The molecule has 0 bridgehead atoms. The summed E-state index contributed by atoms with van der Waals surface area (Å²) in [7, 11) is 0. The van der Waals surface area contributed by atoms with Gasteiger partial charge < -0.3 is 19.3 Å². The molecule has 37 heavy (non-hydrogen) atoms. The van der Waals surface area contributed by atoms with Crippen LogP contribution in [0, 0.1) is 45.3 Å². The molecule has 0 spiro atoms. The molecule has 0 radical (unpaired) electrons. The SMILES string of the molecule is C[C@@H](C1OC(C)(C)C2OC(C)(C)OC12)[C@@H]1CC[C@]2(C)C3=CC[C@H]4C(C)(C)[C@H](O)CC[C@]4(C)[C@H]3CC[C@@]12C. The number of aliphatic hydroxyl groups excluding tert-OH is 1. The smallest absolute Gasteiger partial charge is 0.164 e. The van der Waals surface area contributed by atoms with Gasteiger partial charge in [0.25, 0.3) is 0 Å². The first-order valence-corrected chi connectivity index (χ1v) is 15.4. The van der Waals surface area contributed by atoms with Crippen molar-refractivity contribution < 1.29 is 19.3 Å². The Labute approximate surface area is 226 Å². The average molecular weight is 515 g/mol. The van der Waals surface area contributed by atoms with Gasteiger partial charge in [-0.25, -0.2) is 0 Å². The lowest BCUT2D eigenvalue weighted by molar-refractivity contribution is -0.212. The van der Waals surface area contributed by atoms with Gasteiger partial charge in [0.15, 0.2) is 5.79 Å². The molecule has 2 aliphatic heterocycles. The zero-order valence-corrected chi connectivity index (χ0v) is 25.3. The van der Waals surface area contributed by atoms with Crippen LogP contribution in [0.2, 0.25) is 0 Å². The Bertz CT molecular complexity index is 981.